The van der Waals surface area contributed by atoms with Crippen molar-refractivity contribution in [2.24, 2.45) is 7.05 Å². The van der Waals surface area contributed by atoms with Gasteiger partial charge in [0, 0.05) is 21.9 Å². The van der Waals surface area contributed by atoms with Gasteiger partial charge in [-0.2, -0.15) is 4.57 Å². The fourth-order valence-electron chi connectivity index (χ4n) is 5.02. The third kappa shape index (κ3) is 3.31. The maximum Gasteiger partial charge on any atom is 0.297 e. The van der Waals surface area contributed by atoms with E-state index in [2.05, 4.69) is 98.4 Å². The Labute approximate surface area is 200 Å². The van der Waals surface area contributed by atoms with Gasteiger partial charge in [-0.1, -0.05) is 70.2 Å². The van der Waals surface area contributed by atoms with Crippen molar-refractivity contribution in [1.29, 1.82) is 0 Å². The van der Waals surface area contributed by atoms with Gasteiger partial charge >= 0.3 is 0 Å². The summed E-state index contributed by atoms with van der Waals surface area (Å²) in [6.07, 6.45) is 4.29. The van der Waals surface area contributed by atoms with E-state index in [0.29, 0.717) is 17.5 Å². The molecule has 0 aliphatic heterocycles. The summed E-state index contributed by atoms with van der Waals surface area (Å²) in [4.78, 5) is 3.58. The predicted octanol–water partition coefficient (Wildman–Crippen LogP) is 7.97. The molecule has 0 unspecified atom stereocenters. The standard InChI is InChI=1S/C30H30N3O/c1-18(2)22-9-8-10-23(19(3)4)28(22)33-16-15-32(7)30(33)27-20(5)11-13-25-24-14-12-21(31-6)17-26(24)34-29(25)27/h8-19H,1-5,7H3/q+1. The largest absolute Gasteiger partial charge is 0.456 e. The van der Waals surface area contributed by atoms with E-state index >= 15 is 0 Å². The lowest BCUT2D eigenvalue weighted by Crippen LogP contribution is -2.29. The minimum atomic E-state index is 0.393. The molecule has 34 heavy (non-hydrogen) atoms. The molecule has 2 heterocycles. The second-order valence-electron chi connectivity index (χ2n) is 9.73. The number of hydrogen-bond donors (Lipinski definition) is 0. The number of rotatable bonds is 4. The molecule has 0 spiro atoms. The first-order valence-electron chi connectivity index (χ1n) is 11.9. The quantitative estimate of drug-likeness (QED) is 0.202. The molecular formula is C30H30N3O+. The van der Waals surface area contributed by atoms with Crippen molar-refractivity contribution >= 4 is 27.6 Å². The fraction of sp³-hybridized carbons (Fsp3) is 0.267. The zero-order chi connectivity index (χ0) is 24.1. The Morgan fingerprint density at radius 2 is 1.62 bits per heavy atom. The van der Waals surface area contributed by atoms with Crippen LogP contribution in [-0.4, -0.2) is 4.57 Å². The molecule has 0 saturated carbocycles. The van der Waals surface area contributed by atoms with Crippen LogP contribution < -0.4 is 4.57 Å². The summed E-state index contributed by atoms with van der Waals surface area (Å²) < 4.78 is 11.0. The summed E-state index contributed by atoms with van der Waals surface area (Å²) in [5, 5.41) is 2.11. The van der Waals surface area contributed by atoms with E-state index in [1.807, 2.05) is 18.2 Å². The van der Waals surface area contributed by atoms with Gasteiger partial charge in [0.05, 0.1) is 13.6 Å². The molecule has 2 aromatic heterocycles. The third-order valence-corrected chi connectivity index (χ3v) is 6.77. The first-order valence-corrected chi connectivity index (χ1v) is 11.9. The lowest BCUT2D eigenvalue weighted by atomic mass is 9.92. The van der Waals surface area contributed by atoms with Crippen LogP contribution >= 0.6 is 0 Å². The van der Waals surface area contributed by atoms with Gasteiger partial charge in [0.1, 0.15) is 29.2 Å². The number of furan rings is 1. The highest BCUT2D eigenvalue weighted by molar-refractivity contribution is 6.10. The lowest BCUT2D eigenvalue weighted by molar-refractivity contribution is -0.659. The number of imidazole rings is 1. The Morgan fingerprint density at radius 3 is 2.26 bits per heavy atom. The SMILES string of the molecule is [C-]#[N+]c1ccc2c(c1)oc1c(-c3n(-c4c(C(C)C)cccc4C(C)C)cc[n+]3C)c(C)ccc12. The van der Waals surface area contributed by atoms with Crippen molar-refractivity contribution in [3.8, 4) is 17.1 Å². The molecule has 0 aliphatic carbocycles. The summed E-state index contributed by atoms with van der Waals surface area (Å²) in [7, 11) is 2.09. The minimum absolute atomic E-state index is 0.393. The van der Waals surface area contributed by atoms with Crippen molar-refractivity contribution in [3.05, 3.63) is 89.0 Å². The zero-order valence-electron chi connectivity index (χ0n) is 20.7. The van der Waals surface area contributed by atoms with Crippen LogP contribution in [0.5, 0.6) is 0 Å². The molecule has 0 saturated heterocycles. The highest BCUT2D eigenvalue weighted by Crippen LogP contribution is 2.40. The smallest absolute Gasteiger partial charge is 0.297 e. The molecule has 5 rings (SSSR count). The molecule has 0 amide bonds. The van der Waals surface area contributed by atoms with E-state index in [1.54, 1.807) is 0 Å². The molecule has 0 aliphatic rings. The summed E-state index contributed by atoms with van der Waals surface area (Å²) in [6.45, 7) is 18.5. The van der Waals surface area contributed by atoms with E-state index in [1.165, 1.54) is 16.8 Å². The van der Waals surface area contributed by atoms with Crippen LogP contribution in [0, 0.1) is 13.5 Å². The summed E-state index contributed by atoms with van der Waals surface area (Å²) >= 11 is 0. The van der Waals surface area contributed by atoms with E-state index in [0.717, 1.165) is 38.9 Å². The number of benzene rings is 3. The monoisotopic (exact) mass is 448 g/mol. The average molecular weight is 449 g/mol. The molecule has 4 nitrogen and oxygen atoms in total. The molecular weight excluding hydrogens is 418 g/mol. The van der Waals surface area contributed by atoms with Crippen LogP contribution in [0.4, 0.5) is 5.69 Å². The van der Waals surface area contributed by atoms with E-state index in [-0.39, 0.29) is 0 Å². The Balaban J connectivity index is 1.88. The molecule has 0 radical (unpaired) electrons. The Hall–Kier alpha value is -3.84. The van der Waals surface area contributed by atoms with Crippen molar-refractivity contribution in [3.63, 3.8) is 0 Å². The number of aryl methyl sites for hydroxylation is 2. The van der Waals surface area contributed by atoms with Crippen molar-refractivity contribution in [1.82, 2.24) is 4.57 Å². The fourth-order valence-corrected chi connectivity index (χ4v) is 5.02. The van der Waals surface area contributed by atoms with Gasteiger partial charge in [0.15, 0.2) is 11.3 Å². The zero-order valence-corrected chi connectivity index (χ0v) is 20.7. The van der Waals surface area contributed by atoms with Crippen LogP contribution in [0.2, 0.25) is 0 Å². The number of nitrogens with zero attached hydrogens (tertiary/aromatic N) is 3. The van der Waals surface area contributed by atoms with Gasteiger partial charge in [-0.25, -0.2) is 9.41 Å². The number of para-hydroxylation sites is 1. The first kappa shape index (κ1) is 22.0. The van der Waals surface area contributed by atoms with Crippen LogP contribution in [-0.2, 0) is 7.05 Å². The Kier molecular flexibility index (Phi) is 5.29. The second kappa shape index (κ2) is 8.18. The summed E-state index contributed by atoms with van der Waals surface area (Å²) in [5.41, 5.74) is 8.36. The van der Waals surface area contributed by atoms with Crippen molar-refractivity contribution in [2.45, 2.75) is 46.5 Å². The maximum atomic E-state index is 7.38. The Bertz CT molecular complexity index is 1570. The third-order valence-electron chi connectivity index (χ3n) is 6.77. The topological polar surface area (TPSA) is 26.3 Å². The lowest BCUT2D eigenvalue weighted by Gasteiger charge is -2.18. The Morgan fingerprint density at radius 1 is 0.941 bits per heavy atom. The van der Waals surface area contributed by atoms with Crippen molar-refractivity contribution < 1.29 is 8.98 Å². The highest BCUT2D eigenvalue weighted by Gasteiger charge is 2.29. The predicted molar refractivity (Wildman–Crippen MR) is 139 cm³/mol. The molecule has 170 valence electrons. The van der Waals surface area contributed by atoms with Crippen LogP contribution in [0.15, 0.2) is 65.3 Å². The van der Waals surface area contributed by atoms with Crippen LogP contribution in [0.1, 0.15) is 56.2 Å². The van der Waals surface area contributed by atoms with E-state index < -0.39 is 0 Å². The molecule has 0 N–H and O–H groups in total. The van der Waals surface area contributed by atoms with Gasteiger partial charge in [0.25, 0.3) is 5.82 Å². The van der Waals surface area contributed by atoms with Gasteiger partial charge in [-0.15, -0.1) is 0 Å². The van der Waals surface area contributed by atoms with Crippen LogP contribution in [0.25, 0.3) is 43.9 Å². The van der Waals surface area contributed by atoms with E-state index in [9.17, 15) is 0 Å². The molecule has 0 atom stereocenters. The molecule has 0 bridgehead atoms. The molecule has 0 fully saturated rings. The number of fused-ring (bicyclic) bond motifs is 3. The summed E-state index contributed by atoms with van der Waals surface area (Å²) in [6, 6.07) is 16.7. The molecule has 4 heteroatoms. The van der Waals surface area contributed by atoms with Gasteiger partial charge in [-0.3, -0.25) is 0 Å². The van der Waals surface area contributed by atoms with Crippen molar-refractivity contribution in [2.75, 3.05) is 0 Å². The summed E-state index contributed by atoms with van der Waals surface area (Å²) in [5.74, 6) is 1.87. The van der Waals surface area contributed by atoms with E-state index in [4.69, 9.17) is 11.0 Å². The van der Waals surface area contributed by atoms with Crippen LogP contribution in [0.3, 0.4) is 0 Å². The number of aromatic nitrogens is 2. The maximum absolute atomic E-state index is 7.38. The normalized spacial score (nSPS) is 11.7. The second-order valence-corrected chi connectivity index (χ2v) is 9.73. The number of hydrogen-bond acceptors (Lipinski definition) is 1. The average Bonchev–Trinajstić information content (AvgIpc) is 3.37. The van der Waals surface area contributed by atoms with Gasteiger partial charge in [0.2, 0.25) is 0 Å². The first-order chi connectivity index (χ1) is 16.3. The van der Waals surface area contributed by atoms with Gasteiger partial charge in [-0.05, 0) is 30.4 Å². The minimum Gasteiger partial charge on any atom is -0.456 e. The highest BCUT2D eigenvalue weighted by atomic mass is 16.3. The molecule has 3 aromatic carbocycles. The van der Waals surface area contributed by atoms with Gasteiger partial charge < -0.3 is 4.42 Å². The molecule has 5 aromatic rings.